The predicted octanol–water partition coefficient (Wildman–Crippen LogP) is 3.00. The summed E-state index contributed by atoms with van der Waals surface area (Å²) in [6.45, 7) is 7.47. The highest BCUT2D eigenvalue weighted by Gasteiger charge is 2.32. The van der Waals surface area contributed by atoms with Crippen molar-refractivity contribution in [2.24, 2.45) is 0 Å². The average Bonchev–Trinajstić information content (AvgIpc) is 3.09. The molecule has 1 unspecified atom stereocenters. The van der Waals surface area contributed by atoms with Crippen LogP contribution in [0.5, 0.6) is 5.75 Å². The van der Waals surface area contributed by atoms with Crippen molar-refractivity contribution in [1.82, 2.24) is 15.0 Å². The number of hydrogen-bond acceptors (Lipinski definition) is 6. The van der Waals surface area contributed by atoms with Crippen LogP contribution in [0.4, 0.5) is 0 Å². The first-order chi connectivity index (χ1) is 13.9. The summed E-state index contributed by atoms with van der Waals surface area (Å²) in [6, 6.07) is 5.95. The summed E-state index contributed by atoms with van der Waals surface area (Å²) < 4.78 is 11.0. The minimum atomic E-state index is -0.920. The second kappa shape index (κ2) is 9.39. The molecule has 158 valence electrons. The maximum absolute atomic E-state index is 12.6. The van der Waals surface area contributed by atoms with E-state index < -0.39 is 5.60 Å². The van der Waals surface area contributed by atoms with Crippen molar-refractivity contribution >= 4 is 5.91 Å². The lowest BCUT2D eigenvalue weighted by Crippen LogP contribution is -2.38. The Kier molecular flexibility index (Phi) is 6.90. The molecular weight excluding hydrogens is 370 g/mol. The Balaban J connectivity index is 1.49. The van der Waals surface area contributed by atoms with Gasteiger partial charge in [0.2, 0.25) is 11.8 Å². The van der Waals surface area contributed by atoms with Crippen LogP contribution in [0.25, 0.3) is 0 Å². The fraction of sp³-hybridized carbons (Fsp3) is 0.591. The lowest BCUT2D eigenvalue weighted by Gasteiger charge is -2.27. The summed E-state index contributed by atoms with van der Waals surface area (Å²) in [7, 11) is 0. The van der Waals surface area contributed by atoms with Crippen molar-refractivity contribution in [1.29, 1.82) is 0 Å². The molecule has 0 saturated carbocycles. The van der Waals surface area contributed by atoms with E-state index in [1.165, 1.54) is 11.1 Å². The monoisotopic (exact) mass is 401 g/mol. The number of hydrogen-bond donors (Lipinski definition) is 1. The lowest BCUT2D eigenvalue weighted by atomic mass is 9.96. The minimum Gasteiger partial charge on any atom is -0.491 e. The SMILES string of the molecule is CCc1noc(CCC(=O)N2CCCC(O)(COc3ccc(C)c(C)c3)CC2)n1. The van der Waals surface area contributed by atoms with Gasteiger partial charge in [-0.05, 0) is 56.4 Å². The van der Waals surface area contributed by atoms with Gasteiger partial charge in [-0.3, -0.25) is 4.79 Å². The lowest BCUT2D eigenvalue weighted by molar-refractivity contribution is -0.131. The molecule has 29 heavy (non-hydrogen) atoms. The van der Waals surface area contributed by atoms with E-state index in [0.29, 0.717) is 56.9 Å². The molecule has 1 saturated heterocycles. The van der Waals surface area contributed by atoms with Crippen molar-refractivity contribution in [3.63, 3.8) is 0 Å². The highest BCUT2D eigenvalue weighted by molar-refractivity contribution is 5.76. The second-order valence-corrected chi connectivity index (χ2v) is 7.95. The zero-order chi connectivity index (χ0) is 20.9. The van der Waals surface area contributed by atoms with Crippen LogP contribution in [-0.4, -0.2) is 51.4 Å². The summed E-state index contributed by atoms with van der Waals surface area (Å²) >= 11 is 0. The van der Waals surface area contributed by atoms with Crippen LogP contribution in [-0.2, 0) is 17.6 Å². The summed E-state index contributed by atoms with van der Waals surface area (Å²) in [5, 5.41) is 14.8. The van der Waals surface area contributed by atoms with Crippen molar-refractivity contribution in [3.8, 4) is 5.75 Å². The molecule has 0 bridgehead atoms. The quantitative estimate of drug-likeness (QED) is 0.767. The van der Waals surface area contributed by atoms with Gasteiger partial charge in [0.1, 0.15) is 18.0 Å². The maximum Gasteiger partial charge on any atom is 0.227 e. The third kappa shape index (κ3) is 5.79. The van der Waals surface area contributed by atoms with Gasteiger partial charge in [0.15, 0.2) is 5.82 Å². The maximum atomic E-state index is 12.6. The number of benzene rings is 1. The Morgan fingerprint density at radius 3 is 2.83 bits per heavy atom. The molecule has 1 aromatic heterocycles. The molecule has 0 radical (unpaired) electrons. The number of aryl methyl sites for hydroxylation is 4. The van der Waals surface area contributed by atoms with Gasteiger partial charge in [-0.2, -0.15) is 4.98 Å². The molecule has 7 heteroatoms. The largest absolute Gasteiger partial charge is 0.491 e. The third-order valence-electron chi connectivity index (χ3n) is 5.63. The highest BCUT2D eigenvalue weighted by atomic mass is 16.5. The van der Waals surface area contributed by atoms with E-state index in [-0.39, 0.29) is 12.5 Å². The van der Waals surface area contributed by atoms with Crippen LogP contribution in [0, 0.1) is 13.8 Å². The molecule has 1 aliphatic rings. The molecule has 1 N–H and O–H groups in total. The minimum absolute atomic E-state index is 0.0561. The van der Waals surface area contributed by atoms with Gasteiger partial charge in [0.25, 0.3) is 0 Å². The van der Waals surface area contributed by atoms with Crippen LogP contribution in [0.1, 0.15) is 55.4 Å². The van der Waals surface area contributed by atoms with Gasteiger partial charge in [-0.25, -0.2) is 0 Å². The van der Waals surface area contributed by atoms with E-state index in [1.54, 1.807) is 0 Å². The van der Waals surface area contributed by atoms with Crippen LogP contribution in [0.2, 0.25) is 0 Å². The van der Waals surface area contributed by atoms with Gasteiger partial charge in [-0.15, -0.1) is 0 Å². The number of nitrogens with zero attached hydrogens (tertiary/aromatic N) is 3. The first-order valence-electron chi connectivity index (χ1n) is 10.4. The van der Waals surface area contributed by atoms with E-state index in [1.807, 2.05) is 36.9 Å². The Bertz CT molecular complexity index is 835. The topological polar surface area (TPSA) is 88.7 Å². The zero-order valence-electron chi connectivity index (χ0n) is 17.6. The van der Waals surface area contributed by atoms with Gasteiger partial charge >= 0.3 is 0 Å². The van der Waals surface area contributed by atoms with Crippen LogP contribution < -0.4 is 4.74 Å². The van der Waals surface area contributed by atoms with Crippen LogP contribution in [0.15, 0.2) is 22.7 Å². The zero-order valence-corrected chi connectivity index (χ0v) is 17.6. The number of amides is 1. The first kappa shape index (κ1) is 21.3. The van der Waals surface area contributed by atoms with Gasteiger partial charge in [0.05, 0.1) is 0 Å². The Morgan fingerprint density at radius 1 is 1.28 bits per heavy atom. The van der Waals surface area contributed by atoms with Crippen molar-refractivity contribution in [2.45, 2.75) is 64.9 Å². The molecule has 1 amide bonds. The Morgan fingerprint density at radius 2 is 2.10 bits per heavy atom. The summed E-state index contributed by atoms with van der Waals surface area (Å²) in [4.78, 5) is 18.7. The Labute approximate surface area is 172 Å². The first-order valence-corrected chi connectivity index (χ1v) is 10.4. The fourth-order valence-corrected chi connectivity index (χ4v) is 3.50. The molecule has 1 atom stereocenters. The van der Waals surface area contributed by atoms with Crippen LogP contribution >= 0.6 is 0 Å². The standard InChI is InChI=1S/C22H31N3O4/c1-4-19-23-20(29-24-19)8-9-21(26)25-12-5-10-22(27,11-13-25)15-28-18-7-6-16(2)17(3)14-18/h6-7,14,27H,4-5,8-13,15H2,1-3H3. The molecule has 1 aliphatic heterocycles. The molecule has 1 fully saturated rings. The van der Waals surface area contributed by atoms with Gasteiger partial charge in [-0.1, -0.05) is 18.1 Å². The normalized spacial score (nSPS) is 19.8. The predicted molar refractivity (Wildman–Crippen MR) is 109 cm³/mol. The molecule has 2 heterocycles. The molecule has 3 rings (SSSR count). The van der Waals surface area contributed by atoms with Crippen molar-refractivity contribution < 1.29 is 19.2 Å². The molecule has 0 spiro atoms. The smallest absolute Gasteiger partial charge is 0.227 e. The average molecular weight is 402 g/mol. The molecule has 0 aliphatic carbocycles. The summed E-state index contributed by atoms with van der Waals surface area (Å²) in [5.41, 5.74) is 1.46. The fourth-order valence-electron chi connectivity index (χ4n) is 3.50. The summed E-state index contributed by atoms with van der Waals surface area (Å²) in [6.07, 6.45) is 3.37. The molecule has 7 nitrogen and oxygen atoms in total. The molecular formula is C22H31N3O4. The van der Waals surface area contributed by atoms with E-state index in [9.17, 15) is 9.90 Å². The number of aromatic nitrogens is 2. The highest BCUT2D eigenvalue weighted by Crippen LogP contribution is 2.25. The number of aliphatic hydroxyl groups is 1. The van der Waals surface area contributed by atoms with E-state index in [4.69, 9.17) is 9.26 Å². The number of carbonyl (C=O) groups excluding carboxylic acids is 1. The molecule has 1 aromatic carbocycles. The Hall–Kier alpha value is -2.41. The third-order valence-corrected chi connectivity index (χ3v) is 5.63. The van der Waals surface area contributed by atoms with Crippen molar-refractivity contribution in [3.05, 3.63) is 41.0 Å². The van der Waals surface area contributed by atoms with Crippen molar-refractivity contribution in [2.75, 3.05) is 19.7 Å². The number of carbonyl (C=O) groups is 1. The van der Waals surface area contributed by atoms with E-state index in [2.05, 4.69) is 17.1 Å². The van der Waals surface area contributed by atoms with E-state index in [0.717, 1.165) is 12.2 Å². The molecule has 2 aromatic rings. The van der Waals surface area contributed by atoms with Crippen LogP contribution in [0.3, 0.4) is 0 Å². The number of ether oxygens (including phenoxy) is 1. The number of likely N-dealkylation sites (tertiary alicyclic amines) is 1. The summed E-state index contributed by atoms with van der Waals surface area (Å²) in [5.74, 6) is 1.99. The van der Waals surface area contributed by atoms with Gasteiger partial charge in [0, 0.05) is 32.4 Å². The van der Waals surface area contributed by atoms with Gasteiger partial charge < -0.3 is 19.3 Å². The number of rotatable bonds is 7. The second-order valence-electron chi connectivity index (χ2n) is 7.95. The van der Waals surface area contributed by atoms with E-state index >= 15 is 0 Å².